The number of anilines is 1. The lowest BCUT2D eigenvalue weighted by molar-refractivity contribution is -0.168. The Morgan fingerprint density at radius 2 is 1.75 bits per heavy atom. The zero-order chi connectivity index (χ0) is 26.1. The Labute approximate surface area is 219 Å². The third-order valence-electron chi connectivity index (χ3n) is 7.72. The summed E-state index contributed by atoms with van der Waals surface area (Å²) in [5.74, 6) is 0.153. The second-order valence-electron chi connectivity index (χ2n) is 11.5. The van der Waals surface area contributed by atoms with Crippen LogP contribution in [0.4, 0.5) is 5.69 Å². The molecule has 36 heavy (non-hydrogen) atoms. The molecule has 0 unspecified atom stereocenters. The maximum absolute atomic E-state index is 13.5. The first-order valence-corrected chi connectivity index (χ1v) is 13.8. The van der Waals surface area contributed by atoms with Gasteiger partial charge in [-0.2, -0.15) is 0 Å². The molecule has 0 amide bonds. The summed E-state index contributed by atoms with van der Waals surface area (Å²) < 4.78 is 6.34. The number of nitrogens with two attached hydrogens (primary N) is 1. The molecule has 0 bridgehead atoms. The molecule has 6 heteroatoms. The van der Waals surface area contributed by atoms with Gasteiger partial charge in [-0.3, -0.25) is 0 Å². The Hall–Kier alpha value is -2.60. The van der Waals surface area contributed by atoms with Gasteiger partial charge in [-0.25, -0.2) is 4.79 Å². The normalized spacial score (nSPS) is 21.5. The molecule has 2 aromatic rings. The van der Waals surface area contributed by atoms with Crippen LogP contribution in [-0.4, -0.2) is 21.8 Å². The van der Waals surface area contributed by atoms with Crippen LogP contribution in [0.5, 0.6) is 5.75 Å². The van der Waals surface area contributed by atoms with Crippen LogP contribution < -0.4 is 5.73 Å². The summed E-state index contributed by atoms with van der Waals surface area (Å²) in [7, 11) is 0. The molecule has 5 nitrogen and oxygen atoms in total. The second-order valence-corrected chi connectivity index (χ2v) is 12.5. The number of aliphatic hydroxyl groups excluding tert-OH is 1. The van der Waals surface area contributed by atoms with Crippen LogP contribution in [0.15, 0.2) is 52.0 Å². The molecule has 1 saturated carbocycles. The number of carbonyl (C=O) groups is 1. The first-order chi connectivity index (χ1) is 17.0. The van der Waals surface area contributed by atoms with Crippen molar-refractivity contribution < 1.29 is 19.7 Å². The van der Waals surface area contributed by atoms with Crippen molar-refractivity contribution in [3.05, 3.63) is 63.8 Å². The van der Waals surface area contributed by atoms with Crippen LogP contribution >= 0.6 is 11.8 Å². The van der Waals surface area contributed by atoms with Gasteiger partial charge in [0, 0.05) is 17.0 Å². The lowest BCUT2D eigenvalue weighted by Gasteiger charge is -2.44. The smallest absolute Gasteiger partial charge is 0.349 e. The number of phenols is 1. The lowest BCUT2D eigenvalue weighted by Crippen LogP contribution is -2.47. The van der Waals surface area contributed by atoms with Crippen molar-refractivity contribution in [2.45, 2.75) is 95.0 Å². The van der Waals surface area contributed by atoms with E-state index in [1.807, 2.05) is 31.2 Å². The fourth-order valence-corrected chi connectivity index (χ4v) is 6.79. The molecule has 2 aromatic carbocycles. The zero-order valence-corrected chi connectivity index (χ0v) is 22.7. The summed E-state index contributed by atoms with van der Waals surface area (Å²) in [6.45, 7) is 8.31. The fraction of sp³-hybridized carbons (Fsp3) is 0.500. The van der Waals surface area contributed by atoms with Gasteiger partial charge >= 0.3 is 5.97 Å². The first-order valence-electron chi connectivity index (χ1n) is 13.0. The van der Waals surface area contributed by atoms with E-state index in [1.165, 1.54) is 18.2 Å². The summed E-state index contributed by atoms with van der Waals surface area (Å²) in [4.78, 5) is 14.7. The van der Waals surface area contributed by atoms with Gasteiger partial charge < -0.3 is 20.7 Å². The number of benzene rings is 2. The Kier molecular flexibility index (Phi) is 7.65. The molecular formula is C30H39NO4S. The molecule has 0 saturated heterocycles. The molecule has 1 heterocycles. The Balaban J connectivity index is 1.65. The molecule has 1 fully saturated rings. The molecule has 4 rings (SSSR count). The monoisotopic (exact) mass is 509 g/mol. The van der Waals surface area contributed by atoms with Gasteiger partial charge in [0.15, 0.2) is 0 Å². The average Bonchev–Trinajstić information content (AvgIpc) is 2.83. The van der Waals surface area contributed by atoms with Crippen LogP contribution in [0.25, 0.3) is 0 Å². The van der Waals surface area contributed by atoms with Gasteiger partial charge in [0.1, 0.15) is 22.0 Å². The van der Waals surface area contributed by atoms with E-state index >= 15 is 0 Å². The highest BCUT2D eigenvalue weighted by atomic mass is 32.2. The summed E-state index contributed by atoms with van der Waals surface area (Å²) in [5.41, 5.74) is 9.11. The minimum Gasteiger partial charge on any atom is -0.511 e. The number of aryl methyl sites for hydroxylation is 2. The maximum atomic E-state index is 13.5. The van der Waals surface area contributed by atoms with Crippen molar-refractivity contribution in [3.63, 3.8) is 0 Å². The molecular weight excluding hydrogens is 470 g/mol. The van der Waals surface area contributed by atoms with Crippen molar-refractivity contribution >= 4 is 23.4 Å². The van der Waals surface area contributed by atoms with Crippen molar-refractivity contribution in [1.82, 2.24) is 0 Å². The second kappa shape index (κ2) is 10.4. The number of cyclic esters (lactones) is 1. The van der Waals surface area contributed by atoms with Gasteiger partial charge in [-0.15, -0.1) is 0 Å². The number of nitrogen functional groups attached to an aromatic ring is 1. The molecule has 0 radical (unpaired) electrons. The molecule has 1 atom stereocenters. The lowest BCUT2D eigenvalue weighted by atomic mass is 9.71. The number of hydrogen-bond acceptors (Lipinski definition) is 6. The van der Waals surface area contributed by atoms with Crippen molar-refractivity contribution in [2.75, 3.05) is 5.73 Å². The number of rotatable bonds is 6. The minimum atomic E-state index is -0.715. The summed E-state index contributed by atoms with van der Waals surface area (Å²) >= 11 is 1.29. The topological polar surface area (TPSA) is 92.8 Å². The van der Waals surface area contributed by atoms with Crippen LogP contribution in [0.1, 0.15) is 82.4 Å². The van der Waals surface area contributed by atoms with Crippen molar-refractivity contribution in [2.24, 2.45) is 5.92 Å². The van der Waals surface area contributed by atoms with E-state index in [-0.39, 0.29) is 27.7 Å². The number of aromatic hydroxyl groups is 1. The quantitative estimate of drug-likeness (QED) is 0.279. The van der Waals surface area contributed by atoms with Crippen LogP contribution in [0, 0.1) is 12.8 Å². The molecule has 2 aliphatic rings. The van der Waals surface area contributed by atoms with Gasteiger partial charge in [-0.1, -0.05) is 63.9 Å². The Bertz CT molecular complexity index is 1140. The molecule has 194 valence electrons. The number of ether oxygens (including phenoxy) is 1. The Morgan fingerprint density at radius 1 is 1.08 bits per heavy atom. The van der Waals surface area contributed by atoms with Crippen LogP contribution in [-0.2, 0) is 21.4 Å². The van der Waals surface area contributed by atoms with Gasteiger partial charge in [0.2, 0.25) is 0 Å². The fourth-order valence-electron chi connectivity index (χ4n) is 5.55. The predicted molar refractivity (Wildman–Crippen MR) is 146 cm³/mol. The standard InChI is InChI=1S/C30H39NO4S/c1-19-16-26(23(17-24(19)31)29(2,3)4)36-27-25(33)18-30(35-28(27)34,21-8-6-5-7-9-21)15-14-20-10-12-22(32)13-11-20/h10-13,16-17,21,32-33H,5-9,14-15,18,31H2,1-4H3/t30-/m0/s1. The SMILES string of the molecule is Cc1cc(SC2=C(O)C[C@@](CCc3ccc(O)cc3)(C3CCCCC3)OC2=O)c(C(C)(C)C)cc1N. The molecule has 0 aromatic heterocycles. The third kappa shape index (κ3) is 5.69. The molecule has 4 N–H and O–H groups in total. The number of thioether (sulfide) groups is 1. The van der Waals surface area contributed by atoms with E-state index in [4.69, 9.17) is 10.5 Å². The van der Waals surface area contributed by atoms with E-state index < -0.39 is 11.6 Å². The van der Waals surface area contributed by atoms with Gasteiger partial charge in [-0.05, 0) is 84.9 Å². The summed E-state index contributed by atoms with van der Waals surface area (Å²) in [6.07, 6.45) is 7.14. The van der Waals surface area contributed by atoms with E-state index in [2.05, 4.69) is 20.8 Å². The first kappa shape index (κ1) is 26.5. The van der Waals surface area contributed by atoms with E-state index in [0.29, 0.717) is 19.3 Å². The minimum absolute atomic E-state index is 0.127. The van der Waals surface area contributed by atoms with Crippen molar-refractivity contribution in [1.29, 1.82) is 0 Å². The van der Waals surface area contributed by atoms with Gasteiger partial charge in [0.25, 0.3) is 0 Å². The number of esters is 1. The highest BCUT2D eigenvalue weighted by Crippen LogP contribution is 2.48. The zero-order valence-electron chi connectivity index (χ0n) is 21.9. The van der Waals surface area contributed by atoms with Crippen LogP contribution in [0.3, 0.4) is 0 Å². The third-order valence-corrected chi connectivity index (χ3v) is 8.88. The summed E-state index contributed by atoms with van der Waals surface area (Å²) in [6, 6.07) is 11.2. The molecule has 1 aliphatic carbocycles. The number of hydrogen-bond donors (Lipinski definition) is 3. The van der Waals surface area contributed by atoms with Crippen LogP contribution in [0.2, 0.25) is 0 Å². The van der Waals surface area contributed by atoms with Crippen molar-refractivity contribution in [3.8, 4) is 5.75 Å². The maximum Gasteiger partial charge on any atom is 0.349 e. The number of phenolic OH excluding ortho intramolecular Hbond substituents is 1. The summed E-state index contributed by atoms with van der Waals surface area (Å²) in [5, 5.41) is 21.0. The predicted octanol–water partition coefficient (Wildman–Crippen LogP) is 7.34. The number of aliphatic hydroxyl groups is 1. The highest BCUT2D eigenvalue weighted by Gasteiger charge is 2.47. The molecule has 1 aliphatic heterocycles. The Morgan fingerprint density at radius 3 is 2.36 bits per heavy atom. The largest absolute Gasteiger partial charge is 0.511 e. The number of carbonyl (C=O) groups excluding carboxylic acids is 1. The highest BCUT2D eigenvalue weighted by molar-refractivity contribution is 8.04. The van der Waals surface area contributed by atoms with Gasteiger partial charge in [0.05, 0.1) is 0 Å². The average molecular weight is 510 g/mol. The van der Waals surface area contributed by atoms with E-state index in [1.54, 1.807) is 12.1 Å². The van der Waals surface area contributed by atoms with E-state index in [0.717, 1.165) is 53.0 Å². The van der Waals surface area contributed by atoms with E-state index in [9.17, 15) is 15.0 Å². The molecule has 0 spiro atoms.